The molecule has 38 heavy (non-hydrogen) atoms. The molecule has 8 heteroatoms. The standard InChI is InChI=1S/C30H24F2N4O2/c1-18(37)36-17-20(31)14-28(36)23-15-26-27(35-30(34-26)25-8-4-5-13-33-25)16-29(23)38-21-11-9-19(10-12-21)22-6-2-3-7-24(22)32/h2-13,15-16,20,28H,14,17H2,1H3,(H,34,35)/t20-,28-/m1/s1. The van der Waals surface area contributed by atoms with Gasteiger partial charge in [0.15, 0.2) is 5.82 Å². The lowest BCUT2D eigenvalue weighted by Crippen LogP contribution is -2.29. The molecule has 2 aromatic heterocycles. The summed E-state index contributed by atoms with van der Waals surface area (Å²) in [5.41, 5.74) is 3.97. The molecule has 1 aliphatic rings. The van der Waals surface area contributed by atoms with E-state index in [9.17, 15) is 13.6 Å². The molecule has 190 valence electrons. The number of carbonyl (C=O) groups is 1. The topological polar surface area (TPSA) is 71.1 Å². The SMILES string of the molecule is CC(=O)N1C[C@H](F)C[C@@H]1c1cc2[nH]c(-c3ccccn3)nc2cc1Oc1ccc(-c2ccccc2F)cc1. The van der Waals surface area contributed by atoms with Gasteiger partial charge in [-0.1, -0.05) is 36.4 Å². The number of ether oxygens (including phenoxy) is 1. The summed E-state index contributed by atoms with van der Waals surface area (Å²) >= 11 is 0. The Balaban J connectivity index is 1.41. The van der Waals surface area contributed by atoms with Crippen LogP contribution in [0, 0.1) is 5.82 Å². The summed E-state index contributed by atoms with van der Waals surface area (Å²) < 4.78 is 35.1. The molecule has 0 aliphatic carbocycles. The van der Waals surface area contributed by atoms with Gasteiger partial charge in [0.1, 0.15) is 29.2 Å². The van der Waals surface area contributed by atoms with Gasteiger partial charge >= 0.3 is 0 Å². The second-order valence-electron chi connectivity index (χ2n) is 9.33. The normalized spacial score (nSPS) is 17.2. The van der Waals surface area contributed by atoms with E-state index in [4.69, 9.17) is 9.72 Å². The van der Waals surface area contributed by atoms with Gasteiger partial charge in [0.25, 0.3) is 0 Å². The number of aromatic nitrogens is 3. The van der Waals surface area contributed by atoms with Crippen LogP contribution in [-0.2, 0) is 4.79 Å². The zero-order chi connectivity index (χ0) is 26.2. The van der Waals surface area contributed by atoms with Crippen LogP contribution in [0.25, 0.3) is 33.7 Å². The first-order valence-corrected chi connectivity index (χ1v) is 12.4. The third-order valence-corrected chi connectivity index (χ3v) is 6.80. The van der Waals surface area contributed by atoms with Crippen LogP contribution >= 0.6 is 0 Å². The van der Waals surface area contributed by atoms with Crippen LogP contribution in [0.1, 0.15) is 24.9 Å². The molecule has 2 atom stereocenters. The van der Waals surface area contributed by atoms with Crippen molar-refractivity contribution in [3.63, 3.8) is 0 Å². The molecular formula is C30H24F2N4O2. The number of nitrogens with zero attached hydrogens (tertiary/aromatic N) is 3. The first-order chi connectivity index (χ1) is 18.5. The van der Waals surface area contributed by atoms with E-state index < -0.39 is 12.2 Å². The van der Waals surface area contributed by atoms with Gasteiger partial charge in [-0.25, -0.2) is 13.8 Å². The number of pyridine rings is 1. The van der Waals surface area contributed by atoms with E-state index in [1.165, 1.54) is 17.9 Å². The fraction of sp³-hybridized carbons (Fsp3) is 0.167. The van der Waals surface area contributed by atoms with Crippen molar-refractivity contribution in [3.8, 4) is 34.1 Å². The maximum absolute atomic E-state index is 14.5. The van der Waals surface area contributed by atoms with Crippen LogP contribution in [0.2, 0.25) is 0 Å². The summed E-state index contributed by atoms with van der Waals surface area (Å²) in [5, 5.41) is 0. The Kier molecular flexibility index (Phi) is 6.07. The maximum atomic E-state index is 14.5. The number of halogens is 2. The number of H-pyrrole nitrogens is 1. The number of aromatic amines is 1. The van der Waals surface area contributed by atoms with Crippen LogP contribution in [0.3, 0.4) is 0 Å². The average Bonchev–Trinajstić information content (AvgIpc) is 3.53. The minimum Gasteiger partial charge on any atom is -0.457 e. The number of benzene rings is 3. The lowest BCUT2D eigenvalue weighted by Gasteiger charge is -2.25. The lowest BCUT2D eigenvalue weighted by molar-refractivity contribution is -0.129. The Morgan fingerprint density at radius 2 is 1.84 bits per heavy atom. The third kappa shape index (κ3) is 4.49. The van der Waals surface area contributed by atoms with E-state index in [0.717, 1.165) is 11.1 Å². The van der Waals surface area contributed by atoms with Crippen molar-refractivity contribution < 1.29 is 18.3 Å². The van der Waals surface area contributed by atoms with E-state index >= 15 is 0 Å². The molecule has 6 rings (SSSR count). The average molecular weight is 511 g/mol. The van der Waals surface area contributed by atoms with Gasteiger partial charge in [0, 0.05) is 36.7 Å². The Hall–Kier alpha value is -4.59. The Bertz CT molecular complexity index is 1620. The number of nitrogens with one attached hydrogen (secondary N) is 1. The maximum Gasteiger partial charge on any atom is 0.220 e. The first kappa shape index (κ1) is 23.8. The second-order valence-corrected chi connectivity index (χ2v) is 9.33. The summed E-state index contributed by atoms with van der Waals surface area (Å²) in [5.74, 6) is 1.09. The predicted octanol–water partition coefficient (Wildman–Crippen LogP) is 6.85. The lowest BCUT2D eigenvalue weighted by atomic mass is 10.0. The fourth-order valence-corrected chi connectivity index (χ4v) is 4.98. The summed E-state index contributed by atoms with van der Waals surface area (Å²) in [7, 11) is 0. The summed E-state index contributed by atoms with van der Waals surface area (Å²) in [6, 6.07) is 22.4. The molecule has 0 bridgehead atoms. The zero-order valence-electron chi connectivity index (χ0n) is 20.6. The highest BCUT2D eigenvalue weighted by Crippen LogP contribution is 2.42. The van der Waals surface area contributed by atoms with E-state index in [1.807, 2.05) is 24.3 Å². The smallest absolute Gasteiger partial charge is 0.220 e. The molecule has 0 spiro atoms. The summed E-state index contributed by atoms with van der Waals surface area (Å²) in [6.45, 7) is 1.48. The largest absolute Gasteiger partial charge is 0.457 e. The quantitative estimate of drug-likeness (QED) is 0.281. The molecule has 1 fully saturated rings. The molecule has 3 aromatic carbocycles. The van der Waals surface area contributed by atoms with Gasteiger partial charge in [0.05, 0.1) is 23.6 Å². The van der Waals surface area contributed by atoms with E-state index in [-0.39, 0.29) is 24.7 Å². The highest BCUT2D eigenvalue weighted by atomic mass is 19.1. The minimum atomic E-state index is -1.13. The number of rotatable bonds is 5. The molecule has 3 heterocycles. The van der Waals surface area contributed by atoms with Crippen LogP contribution in [0.4, 0.5) is 8.78 Å². The summed E-state index contributed by atoms with van der Waals surface area (Å²) in [4.78, 5) is 26.2. The monoisotopic (exact) mass is 510 g/mol. The Morgan fingerprint density at radius 3 is 2.58 bits per heavy atom. The Morgan fingerprint density at radius 1 is 1.05 bits per heavy atom. The number of alkyl halides is 1. The highest BCUT2D eigenvalue weighted by molar-refractivity contribution is 5.82. The summed E-state index contributed by atoms with van der Waals surface area (Å²) in [6.07, 6.45) is 0.742. The number of amides is 1. The molecular weight excluding hydrogens is 486 g/mol. The van der Waals surface area contributed by atoms with Crippen molar-refractivity contribution in [1.29, 1.82) is 0 Å². The molecule has 1 saturated heterocycles. The van der Waals surface area contributed by atoms with Gasteiger partial charge in [0.2, 0.25) is 5.91 Å². The molecule has 6 nitrogen and oxygen atoms in total. The van der Waals surface area contributed by atoms with Crippen molar-refractivity contribution in [1.82, 2.24) is 19.9 Å². The number of carbonyl (C=O) groups excluding carboxylic acids is 1. The minimum absolute atomic E-state index is 0.0387. The number of imidazole rings is 1. The van der Waals surface area contributed by atoms with Crippen LogP contribution < -0.4 is 4.74 Å². The van der Waals surface area contributed by atoms with Gasteiger partial charge in [-0.3, -0.25) is 9.78 Å². The molecule has 0 saturated carbocycles. The molecule has 5 aromatic rings. The van der Waals surface area contributed by atoms with Crippen LogP contribution in [0.5, 0.6) is 11.5 Å². The highest BCUT2D eigenvalue weighted by Gasteiger charge is 2.37. The predicted molar refractivity (Wildman–Crippen MR) is 141 cm³/mol. The van der Waals surface area contributed by atoms with Crippen molar-refractivity contribution in [2.45, 2.75) is 25.6 Å². The number of hydrogen-bond acceptors (Lipinski definition) is 4. The van der Waals surface area contributed by atoms with E-state index in [2.05, 4.69) is 9.97 Å². The van der Waals surface area contributed by atoms with Crippen molar-refractivity contribution in [2.75, 3.05) is 6.54 Å². The number of fused-ring (bicyclic) bond motifs is 1. The Labute approximate surface area is 217 Å². The van der Waals surface area contributed by atoms with Gasteiger partial charge < -0.3 is 14.6 Å². The first-order valence-electron chi connectivity index (χ1n) is 12.4. The van der Waals surface area contributed by atoms with Gasteiger partial charge in [-0.05, 0) is 42.0 Å². The molecule has 0 radical (unpaired) electrons. The van der Waals surface area contributed by atoms with Crippen molar-refractivity contribution in [3.05, 3.63) is 96.4 Å². The molecule has 0 unspecified atom stereocenters. The zero-order valence-corrected chi connectivity index (χ0v) is 20.6. The van der Waals surface area contributed by atoms with E-state index in [0.29, 0.717) is 39.7 Å². The molecule has 1 N–H and O–H groups in total. The molecule has 1 aliphatic heterocycles. The van der Waals surface area contributed by atoms with E-state index in [1.54, 1.807) is 54.7 Å². The second kappa shape index (κ2) is 9.70. The number of hydrogen-bond donors (Lipinski definition) is 1. The van der Waals surface area contributed by atoms with Crippen molar-refractivity contribution in [2.24, 2.45) is 0 Å². The van der Waals surface area contributed by atoms with Crippen LogP contribution in [0.15, 0.2) is 85.1 Å². The van der Waals surface area contributed by atoms with Gasteiger partial charge in [-0.15, -0.1) is 0 Å². The van der Waals surface area contributed by atoms with Crippen molar-refractivity contribution >= 4 is 16.9 Å². The molecule has 1 amide bonds. The van der Waals surface area contributed by atoms with Gasteiger partial charge in [-0.2, -0.15) is 0 Å². The third-order valence-electron chi connectivity index (χ3n) is 6.80. The fourth-order valence-electron chi connectivity index (χ4n) is 4.98. The van der Waals surface area contributed by atoms with Crippen LogP contribution in [-0.4, -0.2) is 38.5 Å². The number of likely N-dealkylation sites (tertiary alicyclic amines) is 1.